The van der Waals surface area contributed by atoms with E-state index >= 15 is 0 Å². The average Bonchev–Trinajstić information content (AvgIpc) is 2.79. The van der Waals surface area contributed by atoms with Gasteiger partial charge < -0.3 is 52.9 Å². The van der Waals surface area contributed by atoms with E-state index in [4.69, 9.17) is 37.5 Å². The zero-order chi connectivity index (χ0) is 25.6. The first-order chi connectivity index (χ1) is 16.3. The maximum atomic E-state index is 12.2. The summed E-state index contributed by atoms with van der Waals surface area (Å²) < 4.78 is 15.0. The van der Waals surface area contributed by atoms with Crippen LogP contribution in [-0.4, -0.2) is 81.0 Å². The minimum Gasteiger partial charge on any atom is -0.450 e. The fraction of sp³-hybridized carbons (Fsp3) is 0.857. The predicted molar refractivity (Wildman–Crippen MR) is 127 cm³/mol. The molecule has 0 fully saturated rings. The smallest absolute Gasteiger partial charge is 0.450 e. The molecular formula is C21H44N6O7. The molecule has 0 aromatic heterocycles. The van der Waals surface area contributed by atoms with E-state index in [0.29, 0.717) is 45.3 Å². The van der Waals surface area contributed by atoms with Crippen LogP contribution >= 0.6 is 0 Å². The third kappa shape index (κ3) is 19.1. The molecule has 0 bridgehead atoms. The molecule has 200 valence electrons. The summed E-state index contributed by atoms with van der Waals surface area (Å²) in [5.41, 5.74) is 22.4. The molecule has 0 rings (SSSR count). The number of carbonyl (C=O) groups is 3. The molecule has 2 amide bonds. The molecule has 0 aromatic carbocycles. The Morgan fingerprint density at radius 3 is 1.50 bits per heavy atom. The lowest BCUT2D eigenvalue weighted by atomic mass is 10.1. The van der Waals surface area contributed by atoms with Crippen LogP contribution in [0, 0.1) is 0 Å². The van der Waals surface area contributed by atoms with Gasteiger partial charge in [-0.05, 0) is 58.2 Å². The summed E-state index contributed by atoms with van der Waals surface area (Å²) in [5, 5.41) is 14.0. The summed E-state index contributed by atoms with van der Waals surface area (Å²) in [4.78, 5) is 35.1. The van der Waals surface area contributed by atoms with E-state index < -0.39 is 30.4 Å². The minimum atomic E-state index is -1.43. The molecule has 0 aliphatic rings. The van der Waals surface area contributed by atoms with Crippen molar-refractivity contribution in [3.8, 4) is 0 Å². The zero-order valence-electron chi connectivity index (χ0n) is 20.0. The van der Waals surface area contributed by atoms with E-state index in [2.05, 4.69) is 15.4 Å². The first kappa shape index (κ1) is 31.6. The lowest BCUT2D eigenvalue weighted by Crippen LogP contribution is -2.43. The Bertz CT molecular complexity index is 556. The SMILES string of the molecule is NCCCC[C@@H](N)COC(=O)N[C@@H](CCCCN)COC(=O)N[C@H](CCCCN)COC(=O)O. The maximum Gasteiger partial charge on any atom is 0.505 e. The van der Waals surface area contributed by atoms with Crippen molar-refractivity contribution in [2.45, 2.75) is 75.9 Å². The monoisotopic (exact) mass is 492 g/mol. The summed E-state index contributed by atoms with van der Waals surface area (Å²) in [5.74, 6) is 0. The molecule has 13 nitrogen and oxygen atoms in total. The van der Waals surface area contributed by atoms with Gasteiger partial charge >= 0.3 is 18.3 Å². The van der Waals surface area contributed by atoms with Crippen molar-refractivity contribution in [1.82, 2.24) is 10.6 Å². The molecule has 11 N–H and O–H groups in total. The Kier molecular flexibility index (Phi) is 19.7. The lowest BCUT2D eigenvalue weighted by molar-refractivity contribution is 0.0762. The van der Waals surface area contributed by atoms with E-state index in [1.54, 1.807) is 0 Å². The third-order valence-corrected chi connectivity index (χ3v) is 4.94. The Balaban J connectivity index is 4.61. The number of nitrogens with one attached hydrogen (secondary N) is 2. The molecule has 0 aliphatic heterocycles. The number of nitrogens with two attached hydrogens (primary N) is 4. The number of carbonyl (C=O) groups excluding carboxylic acids is 2. The summed E-state index contributed by atoms with van der Waals surface area (Å²) >= 11 is 0. The van der Waals surface area contributed by atoms with Gasteiger partial charge in [-0.15, -0.1) is 0 Å². The number of rotatable bonds is 20. The second-order valence-corrected chi connectivity index (χ2v) is 8.07. The normalized spacial score (nSPS) is 13.4. The number of hydrogen-bond donors (Lipinski definition) is 7. The van der Waals surface area contributed by atoms with Crippen molar-refractivity contribution in [3.63, 3.8) is 0 Å². The van der Waals surface area contributed by atoms with Crippen LogP contribution < -0.4 is 33.6 Å². The van der Waals surface area contributed by atoms with Crippen molar-refractivity contribution in [1.29, 1.82) is 0 Å². The molecule has 0 spiro atoms. The van der Waals surface area contributed by atoms with Crippen LogP contribution in [0.15, 0.2) is 0 Å². The van der Waals surface area contributed by atoms with Crippen molar-refractivity contribution < 1.29 is 33.7 Å². The third-order valence-electron chi connectivity index (χ3n) is 4.94. The summed E-state index contributed by atoms with van der Waals surface area (Å²) in [6.07, 6.45) is 3.50. The fourth-order valence-corrected chi connectivity index (χ4v) is 3.05. The molecule has 0 heterocycles. The largest absolute Gasteiger partial charge is 0.505 e. The van der Waals surface area contributed by atoms with Gasteiger partial charge in [0.1, 0.15) is 19.8 Å². The molecule has 3 atom stereocenters. The molecular weight excluding hydrogens is 448 g/mol. The first-order valence-electron chi connectivity index (χ1n) is 11.9. The highest BCUT2D eigenvalue weighted by molar-refractivity contribution is 5.69. The van der Waals surface area contributed by atoms with Crippen molar-refractivity contribution in [2.75, 3.05) is 39.5 Å². The van der Waals surface area contributed by atoms with Crippen molar-refractivity contribution in [3.05, 3.63) is 0 Å². The number of unbranched alkanes of at least 4 members (excludes halogenated alkanes) is 3. The zero-order valence-corrected chi connectivity index (χ0v) is 20.0. The molecule has 0 radical (unpaired) electrons. The standard InChI is InChI=1S/C21H44N6O7/c22-10-4-1-7-16(25)13-32-19(28)26-17(8-2-5-11-23)14-33-20(29)27-18(9-3-6-12-24)15-34-21(30)31/h16-18H,1-15,22-25H2,(H,26,28)(H,27,29)(H,30,31)/t16-,17+,18-/m1/s1. The second kappa shape index (κ2) is 21.2. The van der Waals surface area contributed by atoms with Crippen LogP contribution in [0.25, 0.3) is 0 Å². The number of amides is 2. The summed E-state index contributed by atoms with van der Waals surface area (Å²) in [6.45, 7) is 1.36. The highest BCUT2D eigenvalue weighted by Gasteiger charge is 2.19. The van der Waals surface area contributed by atoms with Gasteiger partial charge in [0.25, 0.3) is 0 Å². The fourth-order valence-electron chi connectivity index (χ4n) is 3.05. The van der Waals surface area contributed by atoms with E-state index in [0.717, 1.165) is 32.1 Å². The predicted octanol–water partition coefficient (Wildman–Crippen LogP) is 0.585. The molecule has 0 aliphatic carbocycles. The number of alkyl carbamates (subject to hydrolysis) is 2. The van der Waals surface area contributed by atoms with E-state index in [-0.39, 0.29) is 25.9 Å². The summed E-state index contributed by atoms with van der Waals surface area (Å²) in [7, 11) is 0. The van der Waals surface area contributed by atoms with Crippen LogP contribution in [0.2, 0.25) is 0 Å². The van der Waals surface area contributed by atoms with Gasteiger partial charge in [0.15, 0.2) is 0 Å². The maximum absolute atomic E-state index is 12.2. The van der Waals surface area contributed by atoms with Crippen molar-refractivity contribution >= 4 is 18.3 Å². The quantitative estimate of drug-likeness (QED) is 0.0706. The Morgan fingerprint density at radius 2 is 1.06 bits per heavy atom. The van der Waals surface area contributed by atoms with Gasteiger partial charge in [-0.1, -0.05) is 19.3 Å². The molecule has 0 unspecified atom stereocenters. The molecule has 0 aromatic rings. The molecule has 0 saturated heterocycles. The van der Waals surface area contributed by atoms with Crippen LogP contribution in [0.5, 0.6) is 0 Å². The molecule has 13 heteroatoms. The lowest BCUT2D eigenvalue weighted by Gasteiger charge is -2.21. The second-order valence-electron chi connectivity index (χ2n) is 8.07. The van der Waals surface area contributed by atoms with Crippen LogP contribution in [0.3, 0.4) is 0 Å². The first-order valence-corrected chi connectivity index (χ1v) is 11.9. The van der Waals surface area contributed by atoms with Gasteiger partial charge in [-0.3, -0.25) is 0 Å². The van der Waals surface area contributed by atoms with Crippen LogP contribution in [0.1, 0.15) is 57.8 Å². The van der Waals surface area contributed by atoms with Gasteiger partial charge in [0, 0.05) is 6.04 Å². The highest BCUT2D eigenvalue weighted by Crippen LogP contribution is 2.05. The number of hydrogen-bond acceptors (Lipinski definition) is 10. The number of carboxylic acid groups (broad SMARTS) is 1. The Morgan fingerprint density at radius 1 is 0.647 bits per heavy atom. The van der Waals surface area contributed by atoms with E-state index in [1.165, 1.54) is 0 Å². The molecule has 34 heavy (non-hydrogen) atoms. The van der Waals surface area contributed by atoms with Gasteiger partial charge in [-0.2, -0.15) is 0 Å². The van der Waals surface area contributed by atoms with E-state index in [1.807, 2.05) is 0 Å². The van der Waals surface area contributed by atoms with Crippen LogP contribution in [0.4, 0.5) is 14.4 Å². The van der Waals surface area contributed by atoms with Gasteiger partial charge in [-0.25, -0.2) is 14.4 Å². The summed E-state index contributed by atoms with van der Waals surface area (Å²) in [6, 6.07) is -1.31. The average molecular weight is 493 g/mol. The Hall–Kier alpha value is -2.35. The van der Waals surface area contributed by atoms with Crippen LogP contribution in [-0.2, 0) is 14.2 Å². The highest BCUT2D eigenvalue weighted by atomic mass is 16.7. The number of ether oxygens (including phenoxy) is 3. The van der Waals surface area contributed by atoms with E-state index in [9.17, 15) is 14.4 Å². The topological polar surface area (TPSA) is 227 Å². The van der Waals surface area contributed by atoms with Gasteiger partial charge in [0.2, 0.25) is 0 Å². The van der Waals surface area contributed by atoms with Crippen molar-refractivity contribution in [2.24, 2.45) is 22.9 Å². The Labute approximate surface area is 201 Å². The van der Waals surface area contributed by atoms with Gasteiger partial charge in [0.05, 0.1) is 12.1 Å². The molecule has 0 saturated carbocycles. The minimum absolute atomic E-state index is 0.0708.